The molecule has 0 spiro atoms. The van der Waals surface area contributed by atoms with Crippen LogP contribution in [0, 0.1) is 0 Å². The van der Waals surface area contributed by atoms with E-state index in [9.17, 15) is 5.11 Å². The van der Waals surface area contributed by atoms with Crippen molar-refractivity contribution in [1.29, 1.82) is 0 Å². The van der Waals surface area contributed by atoms with Gasteiger partial charge in [-0.15, -0.1) is 0 Å². The second-order valence-corrected chi connectivity index (χ2v) is 4.12. The molecule has 0 saturated heterocycles. The van der Waals surface area contributed by atoms with Gasteiger partial charge < -0.3 is 10.8 Å². The maximum atomic E-state index is 9.44. The molecular formula is C13H12N4O. The third kappa shape index (κ3) is 1.75. The molecule has 5 heteroatoms. The number of fused-ring (bicyclic) bond motifs is 1. The lowest BCUT2D eigenvalue weighted by Gasteiger charge is -2.01. The highest BCUT2D eigenvalue weighted by Gasteiger charge is 2.08. The van der Waals surface area contributed by atoms with Crippen molar-refractivity contribution < 1.29 is 5.11 Å². The molecule has 2 heterocycles. The first-order valence-electron chi connectivity index (χ1n) is 5.59. The molecule has 2 aromatic heterocycles. The van der Waals surface area contributed by atoms with Crippen molar-refractivity contribution in [3.8, 4) is 5.75 Å². The lowest BCUT2D eigenvalue weighted by Crippen LogP contribution is -1.99. The Morgan fingerprint density at radius 3 is 3.00 bits per heavy atom. The average molecular weight is 240 g/mol. The van der Waals surface area contributed by atoms with Gasteiger partial charge in [0.15, 0.2) is 5.65 Å². The second-order valence-electron chi connectivity index (χ2n) is 4.12. The maximum absolute atomic E-state index is 9.44. The van der Waals surface area contributed by atoms with Crippen LogP contribution >= 0.6 is 0 Å². The van der Waals surface area contributed by atoms with Crippen LogP contribution < -0.4 is 5.73 Å². The zero-order chi connectivity index (χ0) is 12.5. The van der Waals surface area contributed by atoms with Crippen molar-refractivity contribution in [3.63, 3.8) is 0 Å². The second kappa shape index (κ2) is 4.03. The Bertz CT molecular complexity index is 705. The number of aromatic hydroxyl groups is 1. The van der Waals surface area contributed by atoms with Crippen molar-refractivity contribution in [2.45, 2.75) is 6.42 Å². The summed E-state index contributed by atoms with van der Waals surface area (Å²) >= 11 is 0. The molecule has 0 amide bonds. The molecule has 3 rings (SSSR count). The van der Waals surface area contributed by atoms with Crippen molar-refractivity contribution in [2.75, 3.05) is 5.73 Å². The third-order valence-corrected chi connectivity index (χ3v) is 2.81. The molecule has 0 radical (unpaired) electrons. The van der Waals surface area contributed by atoms with Gasteiger partial charge in [0, 0.05) is 18.2 Å². The lowest BCUT2D eigenvalue weighted by molar-refractivity contribution is 0.474. The normalized spacial score (nSPS) is 10.9. The fraction of sp³-hybridized carbons (Fsp3) is 0.0769. The van der Waals surface area contributed by atoms with Crippen LogP contribution in [0.15, 0.2) is 42.7 Å². The Labute approximate surface area is 104 Å². The van der Waals surface area contributed by atoms with E-state index in [-0.39, 0.29) is 5.75 Å². The van der Waals surface area contributed by atoms with Gasteiger partial charge in [0.05, 0.1) is 6.20 Å². The van der Waals surface area contributed by atoms with Crippen LogP contribution in [0.1, 0.15) is 11.1 Å². The summed E-state index contributed by atoms with van der Waals surface area (Å²) in [5, 5.41) is 13.6. The summed E-state index contributed by atoms with van der Waals surface area (Å²) in [7, 11) is 0. The van der Waals surface area contributed by atoms with Crippen LogP contribution in [0.5, 0.6) is 5.75 Å². The number of hydrogen-bond acceptors (Lipinski definition) is 4. The highest BCUT2D eigenvalue weighted by Crippen LogP contribution is 2.18. The molecule has 0 aliphatic rings. The first-order chi connectivity index (χ1) is 8.74. The number of benzene rings is 1. The van der Waals surface area contributed by atoms with Gasteiger partial charge in [0.1, 0.15) is 11.6 Å². The van der Waals surface area contributed by atoms with Gasteiger partial charge in [-0.25, -0.2) is 4.98 Å². The van der Waals surface area contributed by atoms with Crippen molar-refractivity contribution >= 4 is 11.5 Å². The van der Waals surface area contributed by atoms with Crippen LogP contribution in [0.4, 0.5) is 5.82 Å². The van der Waals surface area contributed by atoms with E-state index < -0.39 is 0 Å². The number of hydrogen-bond donors (Lipinski definition) is 2. The summed E-state index contributed by atoms with van der Waals surface area (Å²) < 4.78 is 1.61. The summed E-state index contributed by atoms with van der Waals surface area (Å²) in [5.74, 6) is 0.818. The Balaban J connectivity index is 2.03. The van der Waals surface area contributed by atoms with Crippen LogP contribution in [-0.4, -0.2) is 19.7 Å². The Hall–Kier alpha value is -2.56. The van der Waals surface area contributed by atoms with Crippen LogP contribution in [-0.2, 0) is 6.42 Å². The predicted octanol–water partition coefficient (Wildman–Crippen LogP) is 1.61. The molecule has 0 aliphatic carbocycles. The summed E-state index contributed by atoms with van der Waals surface area (Å²) in [5.41, 5.74) is 8.54. The highest BCUT2D eigenvalue weighted by atomic mass is 16.3. The molecular weight excluding hydrogens is 228 g/mol. The molecule has 3 aromatic rings. The molecule has 0 fully saturated rings. The van der Waals surface area contributed by atoms with Gasteiger partial charge >= 0.3 is 0 Å². The molecule has 0 saturated carbocycles. The summed E-state index contributed by atoms with van der Waals surface area (Å²) in [4.78, 5) is 4.28. The first-order valence-corrected chi connectivity index (χ1v) is 5.59. The van der Waals surface area contributed by atoms with E-state index in [0.29, 0.717) is 12.2 Å². The molecule has 0 unspecified atom stereocenters. The maximum Gasteiger partial charge on any atom is 0.160 e. The predicted molar refractivity (Wildman–Crippen MR) is 68.3 cm³/mol. The van der Waals surface area contributed by atoms with Gasteiger partial charge in [-0.1, -0.05) is 12.1 Å². The van der Waals surface area contributed by atoms with Gasteiger partial charge in [0.25, 0.3) is 0 Å². The smallest absolute Gasteiger partial charge is 0.160 e. The summed E-state index contributed by atoms with van der Waals surface area (Å²) in [6.45, 7) is 0. The minimum atomic E-state index is 0.261. The number of phenolic OH excluding ortho intramolecular Hbond substituents is 1. The SMILES string of the molecule is Nc1ccnc2c(Cc3cccc(O)c3)cnn12. The zero-order valence-electron chi connectivity index (χ0n) is 9.61. The van der Waals surface area contributed by atoms with Crippen molar-refractivity contribution in [1.82, 2.24) is 14.6 Å². The molecule has 0 atom stereocenters. The van der Waals surface area contributed by atoms with Gasteiger partial charge in [-0.2, -0.15) is 9.61 Å². The van der Waals surface area contributed by atoms with E-state index in [1.165, 1.54) is 0 Å². The third-order valence-electron chi connectivity index (χ3n) is 2.81. The molecule has 0 aliphatic heterocycles. The van der Waals surface area contributed by atoms with Gasteiger partial charge in [-0.3, -0.25) is 0 Å². The van der Waals surface area contributed by atoms with E-state index in [1.54, 1.807) is 35.1 Å². The summed E-state index contributed by atoms with van der Waals surface area (Å²) in [6.07, 6.45) is 4.08. The Kier molecular flexibility index (Phi) is 2.37. The minimum Gasteiger partial charge on any atom is -0.508 e. The van der Waals surface area contributed by atoms with Crippen LogP contribution in [0.25, 0.3) is 5.65 Å². The number of aromatic nitrogens is 3. The Morgan fingerprint density at radius 2 is 2.17 bits per heavy atom. The largest absolute Gasteiger partial charge is 0.508 e. The number of nitrogen functional groups attached to an aromatic ring is 1. The van der Waals surface area contributed by atoms with E-state index >= 15 is 0 Å². The van der Waals surface area contributed by atoms with Crippen LogP contribution in [0.3, 0.4) is 0 Å². The molecule has 90 valence electrons. The first kappa shape index (κ1) is 10.6. The van der Waals surface area contributed by atoms with Gasteiger partial charge in [-0.05, 0) is 23.8 Å². The van der Waals surface area contributed by atoms with E-state index in [1.807, 2.05) is 12.1 Å². The van der Waals surface area contributed by atoms with E-state index in [4.69, 9.17) is 5.73 Å². The van der Waals surface area contributed by atoms with E-state index in [2.05, 4.69) is 10.1 Å². The fourth-order valence-electron chi connectivity index (χ4n) is 1.97. The molecule has 18 heavy (non-hydrogen) atoms. The highest BCUT2D eigenvalue weighted by molar-refractivity contribution is 5.52. The topological polar surface area (TPSA) is 76.4 Å². The summed E-state index contributed by atoms with van der Waals surface area (Å²) in [6, 6.07) is 8.86. The van der Waals surface area contributed by atoms with Crippen LogP contribution in [0.2, 0.25) is 0 Å². The Morgan fingerprint density at radius 1 is 1.28 bits per heavy atom. The molecule has 1 aromatic carbocycles. The molecule has 5 nitrogen and oxygen atoms in total. The van der Waals surface area contributed by atoms with Gasteiger partial charge in [0.2, 0.25) is 0 Å². The number of anilines is 1. The molecule has 0 bridgehead atoms. The molecule has 3 N–H and O–H groups in total. The van der Waals surface area contributed by atoms with Crippen molar-refractivity contribution in [2.24, 2.45) is 0 Å². The minimum absolute atomic E-state index is 0.261. The number of phenols is 1. The quantitative estimate of drug-likeness (QED) is 0.713. The number of nitrogens with zero attached hydrogens (tertiary/aromatic N) is 3. The van der Waals surface area contributed by atoms with Crippen molar-refractivity contribution in [3.05, 3.63) is 53.9 Å². The van der Waals surface area contributed by atoms with E-state index in [0.717, 1.165) is 16.8 Å². The average Bonchev–Trinajstić information content (AvgIpc) is 2.74. The lowest BCUT2D eigenvalue weighted by atomic mass is 10.1. The fourth-order valence-corrected chi connectivity index (χ4v) is 1.97. The standard InChI is InChI=1S/C13H12N4O/c14-12-4-5-15-13-10(8-16-17(12)13)6-9-2-1-3-11(18)7-9/h1-5,7-8,18H,6,14H2. The number of rotatable bonds is 2. The number of nitrogens with two attached hydrogens (primary N) is 1. The zero-order valence-corrected chi connectivity index (χ0v) is 9.61. The monoisotopic (exact) mass is 240 g/mol.